The fourth-order valence-electron chi connectivity index (χ4n) is 9.97. The Morgan fingerprint density at radius 3 is 1.62 bits per heavy atom. The highest BCUT2D eigenvalue weighted by Crippen LogP contribution is 2.57. The average molecular weight is 778 g/mol. The molecule has 0 amide bonds. The highest BCUT2D eigenvalue weighted by molar-refractivity contribution is 6.06. The number of para-hydroxylation sites is 1. The summed E-state index contributed by atoms with van der Waals surface area (Å²) in [5.74, 6) is 0. The van der Waals surface area contributed by atoms with Gasteiger partial charge in [0.2, 0.25) is 0 Å². The second-order valence-electron chi connectivity index (χ2n) is 16.0. The van der Waals surface area contributed by atoms with E-state index < -0.39 is 5.41 Å². The van der Waals surface area contributed by atoms with Crippen molar-refractivity contribution < 1.29 is 4.42 Å². The van der Waals surface area contributed by atoms with E-state index in [1.54, 1.807) is 0 Å². The molecule has 61 heavy (non-hydrogen) atoms. The van der Waals surface area contributed by atoms with E-state index in [1.165, 1.54) is 49.7 Å². The molecule has 1 heterocycles. The van der Waals surface area contributed by atoms with Gasteiger partial charge in [-0.05, 0) is 110 Å². The van der Waals surface area contributed by atoms with E-state index in [0.717, 1.165) is 55.7 Å². The molecule has 2 heteroatoms. The maximum atomic E-state index is 6.21. The monoisotopic (exact) mass is 777 g/mol. The lowest BCUT2D eigenvalue weighted by Crippen LogP contribution is -2.28. The van der Waals surface area contributed by atoms with Crippen LogP contribution in [0.3, 0.4) is 0 Å². The summed E-state index contributed by atoms with van der Waals surface area (Å²) in [6.45, 7) is 0. The van der Waals surface area contributed by atoms with Crippen molar-refractivity contribution in [3.63, 3.8) is 0 Å². The van der Waals surface area contributed by atoms with Gasteiger partial charge < -0.3 is 9.32 Å². The molecule has 0 radical (unpaired) electrons. The van der Waals surface area contributed by atoms with Crippen molar-refractivity contribution in [2.45, 2.75) is 5.41 Å². The first-order valence-electron chi connectivity index (χ1n) is 21.0. The molecule has 0 saturated carbocycles. The average Bonchev–Trinajstić information content (AvgIpc) is 3.86. The minimum Gasteiger partial charge on any atom is -0.456 e. The van der Waals surface area contributed by atoms with Gasteiger partial charge in [-0.3, -0.25) is 0 Å². The predicted molar refractivity (Wildman–Crippen MR) is 254 cm³/mol. The molecule has 286 valence electrons. The van der Waals surface area contributed by atoms with Gasteiger partial charge in [0, 0.05) is 27.5 Å². The van der Waals surface area contributed by atoms with E-state index in [2.05, 4.69) is 229 Å². The van der Waals surface area contributed by atoms with Crippen LogP contribution in [0.25, 0.3) is 66.1 Å². The van der Waals surface area contributed by atoms with Gasteiger partial charge in [-0.15, -0.1) is 0 Å². The minimum atomic E-state index is -0.497. The number of furan rings is 1. The van der Waals surface area contributed by atoms with Crippen molar-refractivity contribution in [1.29, 1.82) is 0 Å². The maximum Gasteiger partial charge on any atom is 0.136 e. The SMILES string of the molecule is c1ccc(C2(c3ccccc3)c3ccccc3-c3ccc(N(c4ccc(-c5ccc(-c6ccc7c(c6)oc6ccccc67)cc5)cc4)c4cccc5ccccc45)cc32)cc1. The summed E-state index contributed by atoms with van der Waals surface area (Å²) in [6.07, 6.45) is 0. The Morgan fingerprint density at radius 1 is 0.328 bits per heavy atom. The first kappa shape index (κ1) is 35.0. The molecule has 11 aromatic rings. The number of anilines is 3. The summed E-state index contributed by atoms with van der Waals surface area (Å²) in [4.78, 5) is 2.44. The number of hydrogen-bond donors (Lipinski definition) is 0. The normalized spacial score (nSPS) is 12.7. The third kappa shape index (κ3) is 5.57. The Kier molecular flexibility index (Phi) is 8.11. The number of hydrogen-bond acceptors (Lipinski definition) is 2. The highest BCUT2D eigenvalue weighted by atomic mass is 16.3. The van der Waals surface area contributed by atoms with Gasteiger partial charge in [0.25, 0.3) is 0 Å². The highest BCUT2D eigenvalue weighted by Gasteiger charge is 2.46. The van der Waals surface area contributed by atoms with Crippen LogP contribution < -0.4 is 4.90 Å². The molecule has 1 aromatic heterocycles. The fraction of sp³-hybridized carbons (Fsp3) is 0.0169. The van der Waals surface area contributed by atoms with Crippen LogP contribution >= 0.6 is 0 Å². The van der Waals surface area contributed by atoms with E-state index in [0.29, 0.717) is 0 Å². The molecular weight excluding hydrogens is 739 g/mol. The van der Waals surface area contributed by atoms with Crippen LogP contribution in [0, 0.1) is 0 Å². The molecule has 0 spiro atoms. The standard InChI is InChI=1S/C59H39NO/c1-3-16-45(17-4-1)59(46-18-5-2-6-19-46)54-23-11-9-21-50(54)51-37-35-48(39-55(51)59)60(56-24-13-15-43-14-7-8-20-49(43)56)47-33-30-41(31-34-47)40-26-28-42(29-27-40)44-32-36-53-52-22-10-12-25-57(52)61-58(53)38-44/h1-39H. The van der Waals surface area contributed by atoms with Crippen molar-refractivity contribution in [3.05, 3.63) is 259 Å². The van der Waals surface area contributed by atoms with Crippen LogP contribution in [0.15, 0.2) is 241 Å². The molecule has 1 aliphatic rings. The summed E-state index contributed by atoms with van der Waals surface area (Å²) in [5.41, 5.74) is 16.9. The minimum absolute atomic E-state index is 0.497. The van der Waals surface area contributed by atoms with Crippen molar-refractivity contribution in [1.82, 2.24) is 0 Å². The first-order valence-corrected chi connectivity index (χ1v) is 21.0. The van der Waals surface area contributed by atoms with Gasteiger partial charge in [0.1, 0.15) is 11.2 Å². The number of nitrogens with zero attached hydrogens (tertiary/aromatic N) is 1. The summed E-state index contributed by atoms with van der Waals surface area (Å²) < 4.78 is 6.21. The molecule has 0 fully saturated rings. The van der Waals surface area contributed by atoms with E-state index in [1.807, 2.05) is 12.1 Å². The van der Waals surface area contributed by atoms with Crippen LogP contribution in [0.5, 0.6) is 0 Å². The van der Waals surface area contributed by atoms with Crippen LogP contribution in [0.1, 0.15) is 22.3 Å². The Hall–Kier alpha value is -7.94. The third-order valence-corrected chi connectivity index (χ3v) is 12.8. The zero-order valence-electron chi connectivity index (χ0n) is 33.4. The molecule has 0 atom stereocenters. The maximum absolute atomic E-state index is 6.21. The van der Waals surface area contributed by atoms with Crippen molar-refractivity contribution in [2.75, 3.05) is 4.90 Å². The molecular formula is C59H39NO. The Labute approximate surface area is 355 Å². The molecule has 0 bridgehead atoms. The second-order valence-corrected chi connectivity index (χ2v) is 16.0. The van der Waals surface area contributed by atoms with Crippen molar-refractivity contribution in [2.24, 2.45) is 0 Å². The number of rotatable bonds is 7. The molecule has 10 aromatic carbocycles. The van der Waals surface area contributed by atoms with Gasteiger partial charge in [-0.25, -0.2) is 0 Å². The van der Waals surface area contributed by atoms with Gasteiger partial charge in [0.05, 0.1) is 11.1 Å². The van der Waals surface area contributed by atoms with Gasteiger partial charge in [-0.1, -0.05) is 188 Å². The molecule has 1 aliphatic carbocycles. The zero-order valence-corrected chi connectivity index (χ0v) is 33.4. The summed E-state index contributed by atoms with van der Waals surface area (Å²) in [5, 5.41) is 4.70. The number of fused-ring (bicyclic) bond motifs is 7. The Balaban J connectivity index is 0.976. The lowest BCUT2D eigenvalue weighted by atomic mass is 9.67. The van der Waals surface area contributed by atoms with E-state index in [4.69, 9.17) is 4.42 Å². The van der Waals surface area contributed by atoms with Crippen molar-refractivity contribution in [3.8, 4) is 33.4 Å². The smallest absolute Gasteiger partial charge is 0.136 e. The first-order chi connectivity index (χ1) is 30.2. The lowest BCUT2D eigenvalue weighted by molar-refractivity contribution is 0.669. The Morgan fingerprint density at radius 2 is 0.869 bits per heavy atom. The predicted octanol–water partition coefficient (Wildman–Crippen LogP) is 15.9. The van der Waals surface area contributed by atoms with Crippen LogP contribution in [0.4, 0.5) is 17.1 Å². The largest absolute Gasteiger partial charge is 0.456 e. The van der Waals surface area contributed by atoms with Crippen LogP contribution in [-0.2, 0) is 5.41 Å². The molecule has 12 rings (SSSR count). The Bertz CT molecular complexity index is 3360. The van der Waals surface area contributed by atoms with E-state index >= 15 is 0 Å². The topological polar surface area (TPSA) is 16.4 Å². The van der Waals surface area contributed by atoms with Gasteiger partial charge in [-0.2, -0.15) is 0 Å². The second kappa shape index (κ2) is 14.1. The van der Waals surface area contributed by atoms with E-state index in [-0.39, 0.29) is 0 Å². The summed E-state index contributed by atoms with van der Waals surface area (Å²) in [7, 11) is 0. The van der Waals surface area contributed by atoms with Gasteiger partial charge in [0.15, 0.2) is 0 Å². The zero-order chi connectivity index (χ0) is 40.3. The van der Waals surface area contributed by atoms with Crippen LogP contribution in [-0.4, -0.2) is 0 Å². The van der Waals surface area contributed by atoms with E-state index in [9.17, 15) is 0 Å². The lowest BCUT2D eigenvalue weighted by Gasteiger charge is -2.35. The fourth-order valence-corrected chi connectivity index (χ4v) is 9.97. The number of benzene rings is 10. The molecule has 0 N–H and O–H groups in total. The third-order valence-electron chi connectivity index (χ3n) is 12.8. The summed E-state index contributed by atoms with van der Waals surface area (Å²) >= 11 is 0. The molecule has 0 saturated heterocycles. The van der Waals surface area contributed by atoms with Crippen LogP contribution in [0.2, 0.25) is 0 Å². The molecule has 0 aliphatic heterocycles. The van der Waals surface area contributed by atoms with Crippen molar-refractivity contribution >= 4 is 49.8 Å². The quantitative estimate of drug-likeness (QED) is 0.160. The summed E-state index contributed by atoms with van der Waals surface area (Å²) in [6, 6.07) is 86.1. The molecule has 2 nitrogen and oxygen atoms in total. The molecule has 0 unspecified atom stereocenters. The van der Waals surface area contributed by atoms with Gasteiger partial charge >= 0.3 is 0 Å².